The van der Waals surface area contributed by atoms with Crippen LogP contribution in [0.5, 0.6) is 0 Å². The fraction of sp³-hybridized carbons (Fsp3) is 0.259. The Bertz CT molecular complexity index is 1380. The predicted molar refractivity (Wildman–Crippen MR) is 147 cm³/mol. The molecule has 0 radical (unpaired) electrons. The number of benzene rings is 3. The smallest absolute Gasteiger partial charge is 0.264 e. The quantitative estimate of drug-likeness (QED) is 0.399. The predicted octanol–water partition coefficient (Wildman–Crippen LogP) is 4.97. The van der Waals surface area contributed by atoms with E-state index in [9.17, 15) is 18.0 Å². The number of rotatable bonds is 9. The van der Waals surface area contributed by atoms with Crippen LogP contribution in [0, 0.1) is 13.8 Å². The van der Waals surface area contributed by atoms with E-state index in [1.807, 2.05) is 13.8 Å². The molecule has 0 aromatic heterocycles. The summed E-state index contributed by atoms with van der Waals surface area (Å²) < 4.78 is 28.6. The second kappa shape index (κ2) is 12.0. The van der Waals surface area contributed by atoms with Crippen LogP contribution in [0.25, 0.3) is 0 Å². The zero-order valence-electron chi connectivity index (χ0n) is 21.0. The van der Waals surface area contributed by atoms with Crippen LogP contribution in [-0.4, -0.2) is 44.8 Å². The molecule has 1 N–H and O–H groups in total. The van der Waals surface area contributed by atoms with E-state index in [4.69, 9.17) is 23.2 Å². The maximum Gasteiger partial charge on any atom is 0.264 e. The van der Waals surface area contributed by atoms with Crippen LogP contribution >= 0.6 is 23.2 Å². The van der Waals surface area contributed by atoms with Gasteiger partial charge in [-0.1, -0.05) is 41.4 Å². The van der Waals surface area contributed by atoms with Crippen LogP contribution in [0.2, 0.25) is 10.0 Å². The van der Waals surface area contributed by atoms with E-state index in [0.29, 0.717) is 15.7 Å². The first-order valence-corrected chi connectivity index (χ1v) is 13.7. The van der Waals surface area contributed by atoms with Crippen molar-refractivity contribution in [2.75, 3.05) is 17.9 Å². The van der Waals surface area contributed by atoms with Crippen molar-refractivity contribution in [2.24, 2.45) is 0 Å². The molecule has 0 saturated carbocycles. The van der Waals surface area contributed by atoms with Crippen molar-refractivity contribution in [1.82, 2.24) is 10.2 Å². The van der Waals surface area contributed by atoms with Gasteiger partial charge in [0.25, 0.3) is 10.0 Å². The number of amides is 2. The second-order valence-corrected chi connectivity index (χ2v) is 11.4. The third-order valence-corrected chi connectivity index (χ3v) is 8.43. The number of carbonyl (C=O) groups excluding carboxylic acids is 2. The Hall–Kier alpha value is -3.07. The average Bonchev–Trinajstić information content (AvgIpc) is 2.87. The summed E-state index contributed by atoms with van der Waals surface area (Å²) in [6.45, 7) is 4.96. The molecule has 0 heterocycles. The highest BCUT2D eigenvalue weighted by atomic mass is 35.5. The minimum atomic E-state index is -4.15. The summed E-state index contributed by atoms with van der Waals surface area (Å²) in [5.41, 5.74) is 2.94. The Morgan fingerprint density at radius 1 is 0.892 bits per heavy atom. The third-order valence-electron chi connectivity index (χ3n) is 6.14. The number of nitrogens with one attached hydrogen (secondary N) is 1. The summed E-state index contributed by atoms with van der Waals surface area (Å²) in [6.07, 6.45) is 0. The third kappa shape index (κ3) is 6.83. The fourth-order valence-electron chi connectivity index (χ4n) is 3.72. The Balaban J connectivity index is 2.05. The fourth-order valence-corrected chi connectivity index (χ4v) is 5.38. The van der Waals surface area contributed by atoms with Gasteiger partial charge < -0.3 is 10.2 Å². The standard InChI is InChI=1S/C27H29Cl2N3O4S/c1-18-5-12-24(15-19(18)2)32(37(35,36)25-13-10-23(29)11-14-25)17-26(33)31(20(3)27(34)30-4)16-21-6-8-22(28)9-7-21/h5-15,20H,16-17H2,1-4H3,(H,30,34)/t20-/m0/s1. The number of likely N-dealkylation sites (N-methyl/N-ethyl adjacent to an activating group) is 1. The number of hydrogen-bond acceptors (Lipinski definition) is 4. The molecule has 7 nitrogen and oxygen atoms in total. The van der Waals surface area contributed by atoms with Crippen LogP contribution in [0.3, 0.4) is 0 Å². The molecule has 196 valence electrons. The molecule has 0 spiro atoms. The number of hydrogen-bond donors (Lipinski definition) is 1. The molecule has 0 saturated heterocycles. The van der Waals surface area contributed by atoms with Crippen LogP contribution in [0.4, 0.5) is 5.69 Å². The van der Waals surface area contributed by atoms with Crippen molar-refractivity contribution in [3.8, 4) is 0 Å². The number of aryl methyl sites for hydroxylation is 2. The average molecular weight is 563 g/mol. The molecule has 37 heavy (non-hydrogen) atoms. The Morgan fingerprint density at radius 3 is 2.00 bits per heavy atom. The minimum absolute atomic E-state index is 0.00784. The first-order chi connectivity index (χ1) is 17.4. The van der Waals surface area contributed by atoms with Crippen molar-refractivity contribution >= 4 is 50.7 Å². The van der Waals surface area contributed by atoms with Crippen molar-refractivity contribution < 1.29 is 18.0 Å². The summed E-state index contributed by atoms with van der Waals surface area (Å²) in [4.78, 5) is 27.6. The van der Waals surface area contributed by atoms with Gasteiger partial charge in [-0.15, -0.1) is 0 Å². The molecule has 3 aromatic carbocycles. The largest absolute Gasteiger partial charge is 0.357 e. The maximum atomic E-state index is 13.8. The number of halogens is 2. The molecule has 2 amide bonds. The lowest BCUT2D eigenvalue weighted by molar-refractivity contribution is -0.139. The monoisotopic (exact) mass is 561 g/mol. The molecule has 1 atom stereocenters. The molecule has 0 aliphatic carbocycles. The number of nitrogens with zero attached hydrogens (tertiary/aromatic N) is 2. The topological polar surface area (TPSA) is 86.8 Å². The molecule has 0 aliphatic rings. The van der Waals surface area contributed by atoms with E-state index < -0.39 is 28.5 Å². The molecule has 0 fully saturated rings. The molecule has 3 rings (SSSR count). The van der Waals surface area contributed by atoms with Gasteiger partial charge in [0, 0.05) is 23.6 Å². The summed E-state index contributed by atoms with van der Waals surface area (Å²) in [5, 5.41) is 3.48. The van der Waals surface area contributed by atoms with E-state index in [-0.39, 0.29) is 17.3 Å². The molecule has 10 heteroatoms. The van der Waals surface area contributed by atoms with E-state index in [1.54, 1.807) is 49.4 Å². The highest BCUT2D eigenvalue weighted by molar-refractivity contribution is 7.92. The molecular formula is C27H29Cl2N3O4S. The lowest BCUT2D eigenvalue weighted by Crippen LogP contribution is -2.50. The molecule has 0 aliphatic heterocycles. The summed E-state index contributed by atoms with van der Waals surface area (Å²) in [7, 11) is -2.67. The maximum absolute atomic E-state index is 13.8. The minimum Gasteiger partial charge on any atom is -0.357 e. The summed E-state index contributed by atoms with van der Waals surface area (Å²) in [5.74, 6) is -0.914. The van der Waals surface area contributed by atoms with Crippen molar-refractivity contribution in [3.63, 3.8) is 0 Å². The zero-order valence-corrected chi connectivity index (χ0v) is 23.4. The van der Waals surface area contributed by atoms with Gasteiger partial charge in [-0.2, -0.15) is 0 Å². The lowest BCUT2D eigenvalue weighted by atomic mass is 10.1. The van der Waals surface area contributed by atoms with Crippen molar-refractivity contribution in [1.29, 1.82) is 0 Å². The lowest BCUT2D eigenvalue weighted by Gasteiger charge is -2.32. The Morgan fingerprint density at radius 2 is 1.46 bits per heavy atom. The Kier molecular flexibility index (Phi) is 9.23. The van der Waals surface area contributed by atoms with E-state index in [1.165, 1.54) is 36.2 Å². The van der Waals surface area contributed by atoms with Gasteiger partial charge in [-0.3, -0.25) is 13.9 Å². The molecule has 3 aromatic rings. The van der Waals surface area contributed by atoms with Crippen molar-refractivity contribution in [3.05, 3.63) is 93.5 Å². The molecule has 0 unspecified atom stereocenters. The number of sulfonamides is 1. The van der Waals surface area contributed by atoms with Crippen LogP contribution in [-0.2, 0) is 26.2 Å². The molecule has 0 bridgehead atoms. The van der Waals surface area contributed by atoms with Gasteiger partial charge in [0.1, 0.15) is 12.6 Å². The van der Waals surface area contributed by atoms with Crippen LogP contribution in [0.1, 0.15) is 23.6 Å². The van der Waals surface area contributed by atoms with Gasteiger partial charge in [0.15, 0.2) is 0 Å². The van der Waals surface area contributed by atoms with Crippen LogP contribution in [0.15, 0.2) is 71.6 Å². The summed E-state index contributed by atoms with van der Waals surface area (Å²) >= 11 is 12.0. The normalized spacial score (nSPS) is 12.1. The van der Waals surface area contributed by atoms with E-state index in [2.05, 4.69) is 5.32 Å². The SMILES string of the molecule is CNC(=O)[C@H](C)N(Cc1ccc(Cl)cc1)C(=O)CN(c1ccc(C)c(C)c1)S(=O)(=O)c1ccc(Cl)cc1. The van der Waals surface area contributed by atoms with Crippen molar-refractivity contribution in [2.45, 2.75) is 38.3 Å². The number of anilines is 1. The first-order valence-electron chi connectivity index (χ1n) is 11.5. The zero-order chi connectivity index (χ0) is 27.3. The van der Waals surface area contributed by atoms with Gasteiger partial charge in [0.05, 0.1) is 10.6 Å². The van der Waals surface area contributed by atoms with Gasteiger partial charge in [-0.25, -0.2) is 8.42 Å². The Labute approximate surface area is 228 Å². The van der Waals surface area contributed by atoms with E-state index >= 15 is 0 Å². The van der Waals surface area contributed by atoms with Gasteiger partial charge >= 0.3 is 0 Å². The van der Waals surface area contributed by atoms with Gasteiger partial charge in [-0.05, 0) is 86.0 Å². The van der Waals surface area contributed by atoms with Gasteiger partial charge in [0.2, 0.25) is 11.8 Å². The first kappa shape index (κ1) is 28.5. The summed E-state index contributed by atoms with van der Waals surface area (Å²) in [6, 6.07) is 17.0. The van der Waals surface area contributed by atoms with Crippen LogP contribution < -0.4 is 9.62 Å². The molecular weight excluding hydrogens is 533 g/mol. The highest BCUT2D eigenvalue weighted by Gasteiger charge is 2.32. The number of carbonyl (C=O) groups is 2. The van der Waals surface area contributed by atoms with E-state index in [0.717, 1.165) is 21.0 Å². The highest BCUT2D eigenvalue weighted by Crippen LogP contribution is 2.27. The second-order valence-electron chi connectivity index (χ2n) is 8.67.